The van der Waals surface area contributed by atoms with Crippen molar-refractivity contribution in [3.8, 4) is 0 Å². The number of aliphatic hydroxyl groups is 1. The Morgan fingerprint density at radius 2 is 1.61 bits per heavy atom. The smallest absolute Gasteiger partial charge is 0.328 e. The largest absolute Gasteiger partial charge is 0.480 e. The van der Waals surface area contributed by atoms with E-state index in [1.165, 1.54) is 12.5 Å². The van der Waals surface area contributed by atoms with Gasteiger partial charge in [-0.05, 0) is 12.8 Å². The van der Waals surface area contributed by atoms with E-state index in [0.29, 0.717) is 12.1 Å². The van der Waals surface area contributed by atoms with Gasteiger partial charge in [0.1, 0.15) is 18.1 Å². The number of carboxylic acid groups (broad SMARTS) is 1. The maximum atomic E-state index is 12.9. The Bertz CT molecular complexity index is 933. The Balaban J connectivity index is 2.95. The van der Waals surface area contributed by atoms with E-state index < -0.39 is 66.8 Å². The van der Waals surface area contributed by atoms with Gasteiger partial charge in [0.25, 0.3) is 0 Å². The molecule has 14 N–H and O–H groups in total. The van der Waals surface area contributed by atoms with E-state index in [1.54, 1.807) is 0 Å². The van der Waals surface area contributed by atoms with Crippen LogP contribution in [0.5, 0.6) is 0 Å². The monoisotopic (exact) mass is 512 g/mol. The van der Waals surface area contributed by atoms with Crippen LogP contribution in [-0.4, -0.2) is 93.1 Å². The number of carbonyl (C=O) groups excluding carboxylic acids is 4. The number of nitrogens with one attached hydrogen (secondary N) is 4. The highest BCUT2D eigenvalue weighted by atomic mass is 16.4. The number of carbonyl (C=O) groups is 5. The molecule has 200 valence electrons. The molecule has 36 heavy (non-hydrogen) atoms. The van der Waals surface area contributed by atoms with Gasteiger partial charge < -0.3 is 54.1 Å². The number of aromatic nitrogens is 2. The van der Waals surface area contributed by atoms with Crippen molar-refractivity contribution < 1.29 is 34.2 Å². The molecule has 4 amide bonds. The van der Waals surface area contributed by atoms with E-state index in [2.05, 4.69) is 30.9 Å². The summed E-state index contributed by atoms with van der Waals surface area (Å²) in [6.45, 7) is -0.669. The normalized spacial score (nSPS) is 13.9. The number of imidazole rings is 1. The van der Waals surface area contributed by atoms with Crippen LogP contribution in [0.2, 0.25) is 0 Å². The van der Waals surface area contributed by atoms with E-state index in [1.807, 2.05) is 0 Å². The second-order valence-corrected chi connectivity index (χ2v) is 7.71. The fourth-order valence-corrected chi connectivity index (χ4v) is 2.90. The lowest BCUT2D eigenvalue weighted by atomic mass is 10.1. The van der Waals surface area contributed by atoms with E-state index in [9.17, 15) is 29.1 Å². The summed E-state index contributed by atoms with van der Waals surface area (Å²) in [7, 11) is 0. The van der Waals surface area contributed by atoms with Crippen LogP contribution >= 0.6 is 0 Å². The van der Waals surface area contributed by atoms with Crippen LogP contribution in [0, 0.1) is 0 Å². The Morgan fingerprint density at radius 3 is 2.14 bits per heavy atom. The summed E-state index contributed by atoms with van der Waals surface area (Å²) in [6, 6.07) is -5.54. The number of hydrogen-bond acceptors (Lipinski definition) is 9. The second kappa shape index (κ2) is 14.9. The quantitative estimate of drug-likeness (QED) is 0.0566. The number of carboxylic acids is 1. The molecule has 0 fully saturated rings. The van der Waals surface area contributed by atoms with E-state index in [0.717, 1.165) is 0 Å². The van der Waals surface area contributed by atoms with Gasteiger partial charge in [0.2, 0.25) is 23.6 Å². The highest BCUT2D eigenvalue weighted by Gasteiger charge is 2.31. The van der Waals surface area contributed by atoms with Gasteiger partial charge in [-0.15, -0.1) is 0 Å². The molecule has 1 aromatic heterocycles. The number of rotatable bonds is 16. The van der Waals surface area contributed by atoms with Gasteiger partial charge >= 0.3 is 5.97 Å². The summed E-state index contributed by atoms with van der Waals surface area (Å²) in [4.78, 5) is 71.0. The molecule has 0 aromatic carbocycles. The molecule has 0 bridgehead atoms. The van der Waals surface area contributed by atoms with Gasteiger partial charge in [-0.2, -0.15) is 0 Å². The standard InChI is InChI=1S/C19H32N10O7/c20-10(2-1-3-25-19(22)23)15(32)27-12(5-14(21)31)17(34)28-11(4-9-6-24-8-26-9)16(33)29-13(7-30)18(35)36/h6,8,10-13,30H,1-5,7,20H2,(H2,21,31)(H,24,26)(H,27,32)(H,28,34)(H,29,33)(H,35,36)(H4,22,23,25). The lowest BCUT2D eigenvalue weighted by Gasteiger charge is -2.24. The molecule has 4 unspecified atom stereocenters. The molecule has 1 heterocycles. The molecule has 0 aliphatic carbocycles. The maximum Gasteiger partial charge on any atom is 0.328 e. The number of aromatic amines is 1. The highest BCUT2D eigenvalue weighted by Crippen LogP contribution is 2.03. The van der Waals surface area contributed by atoms with Crippen LogP contribution in [0.3, 0.4) is 0 Å². The zero-order valence-corrected chi connectivity index (χ0v) is 19.3. The second-order valence-electron chi connectivity index (χ2n) is 7.71. The minimum Gasteiger partial charge on any atom is -0.480 e. The van der Waals surface area contributed by atoms with Gasteiger partial charge in [0, 0.05) is 24.9 Å². The first-order valence-electron chi connectivity index (χ1n) is 10.8. The summed E-state index contributed by atoms with van der Waals surface area (Å²) >= 11 is 0. The average molecular weight is 513 g/mol. The van der Waals surface area contributed by atoms with Crippen LogP contribution < -0.4 is 38.9 Å². The third-order valence-electron chi connectivity index (χ3n) is 4.75. The molecular weight excluding hydrogens is 480 g/mol. The molecule has 17 nitrogen and oxygen atoms in total. The number of aliphatic imine (C=N–C) groups is 1. The number of H-pyrrole nitrogens is 1. The molecular formula is C19H32N10O7. The van der Waals surface area contributed by atoms with Gasteiger partial charge in [0.15, 0.2) is 5.96 Å². The zero-order valence-electron chi connectivity index (χ0n) is 19.3. The van der Waals surface area contributed by atoms with Crippen molar-refractivity contribution in [2.24, 2.45) is 27.9 Å². The molecule has 1 aromatic rings. The van der Waals surface area contributed by atoms with Crippen molar-refractivity contribution in [3.05, 3.63) is 18.2 Å². The van der Waals surface area contributed by atoms with Crippen molar-refractivity contribution in [2.75, 3.05) is 13.2 Å². The van der Waals surface area contributed by atoms with E-state index in [-0.39, 0.29) is 25.3 Å². The van der Waals surface area contributed by atoms with Crippen LogP contribution in [0.1, 0.15) is 25.0 Å². The van der Waals surface area contributed by atoms with E-state index >= 15 is 0 Å². The van der Waals surface area contributed by atoms with Crippen LogP contribution in [-0.2, 0) is 30.4 Å². The van der Waals surface area contributed by atoms with Gasteiger partial charge in [0.05, 0.1) is 25.4 Å². The molecule has 0 saturated heterocycles. The summed E-state index contributed by atoms with van der Waals surface area (Å²) in [6.07, 6.45) is 2.46. The number of guanidine groups is 1. The first-order chi connectivity index (χ1) is 16.9. The van der Waals surface area contributed by atoms with Gasteiger partial charge in [-0.3, -0.25) is 24.2 Å². The Morgan fingerprint density at radius 1 is 1.00 bits per heavy atom. The zero-order chi connectivity index (χ0) is 27.3. The summed E-state index contributed by atoms with van der Waals surface area (Å²) in [5.41, 5.74) is 21.9. The molecule has 0 saturated carbocycles. The van der Waals surface area contributed by atoms with Gasteiger partial charge in [-0.25, -0.2) is 9.78 Å². The van der Waals surface area contributed by atoms with Crippen LogP contribution in [0.4, 0.5) is 0 Å². The minimum absolute atomic E-state index is 0.117. The number of aliphatic carboxylic acids is 1. The molecule has 4 atom stereocenters. The Kier molecular flexibility index (Phi) is 12.3. The number of aliphatic hydroxyl groups excluding tert-OH is 1. The summed E-state index contributed by atoms with van der Waals surface area (Å²) in [5, 5.41) is 25.0. The van der Waals surface area contributed by atoms with Crippen molar-refractivity contribution >= 4 is 35.6 Å². The number of primary amides is 1. The predicted molar refractivity (Wildman–Crippen MR) is 125 cm³/mol. The minimum atomic E-state index is -1.63. The first-order valence-corrected chi connectivity index (χ1v) is 10.8. The van der Waals surface area contributed by atoms with Crippen molar-refractivity contribution in [2.45, 2.75) is 49.9 Å². The van der Waals surface area contributed by atoms with Crippen LogP contribution in [0.15, 0.2) is 17.5 Å². The van der Waals surface area contributed by atoms with Crippen molar-refractivity contribution in [3.63, 3.8) is 0 Å². The van der Waals surface area contributed by atoms with Crippen LogP contribution in [0.25, 0.3) is 0 Å². The Labute approximate surface area is 205 Å². The molecule has 0 aliphatic rings. The predicted octanol–water partition coefficient (Wildman–Crippen LogP) is -5.26. The third-order valence-corrected chi connectivity index (χ3v) is 4.75. The van der Waals surface area contributed by atoms with Gasteiger partial charge in [-0.1, -0.05) is 0 Å². The Hall–Kier alpha value is -4.25. The van der Waals surface area contributed by atoms with Crippen molar-refractivity contribution in [1.82, 2.24) is 25.9 Å². The number of amides is 4. The molecule has 0 radical (unpaired) electrons. The summed E-state index contributed by atoms with van der Waals surface area (Å²) in [5.74, 6) is -5.19. The summed E-state index contributed by atoms with van der Waals surface area (Å²) < 4.78 is 0. The maximum absolute atomic E-state index is 12.9. The fourth-order valence-electron chi connectivity index (χ4n) is 2.90. The molecule has 17 heteroatoms. The van der Waals surface area contributed by atoms with Crippen molar-refractivity contribution in [1.29, 1.82) is 0 Å². The molecule has 0 aliphatic heterocycles. The lowest BCUT2D eigenvalue weighted by molar-refractivity contribution is -0.143. The number of hydrogen-bond donors (Lipinski definition) is 10. The number of nitrogens with two attached hydrogens (primary N) is 4. The number of nitrogens with zero attached hydrogens (tertiary/aromatic N) is 2. The highest BCUT2D eigenvalue weighted by molar-refractivity contribution is 5.96. The molecule has 1 rings (SSSR count). The lowest BCUT2D eigenvalue weighted by Crippen LogP contribution is -2.58. The average Bonchev–Trinajstić information content (AvgIpc) is 3.31. The topological polar surface area (TPSA) is 307 Å². The third kappa shape index (κ3) is 10.8. The fraction of sp³-hybridized carbons (Fsp3) is 0.526. The first kappa shape index (κ1) is 29.8. The molecule has 0 spiro atoms. The SMILES string of the molecule is NC(=O)CC(NC(=O)C(N)CCCN=C(N)N)C(=O)NC(Cc1cnc[nH]1)C(=O)NC(CO)C(=O)O. The van der Waals surface area contributed by atoms with E-state index in [4.69, 9.17) is 28.0 Å².